The minimum Gasteiger partial charge on any atom is -0.323 e. The molecule has 3 heteroatoms. The Hall–Kier alpha value is -1.90. The summed E-state index contributed by atoms with van der Waals surface area (Å²) in [5, 5.41) is 0. The minimum atomic E-state index is 0.645. The molecule has 0 radical (unpaired) electrons. The third kappa shape index (κ3) is 4.09. The van der Waals surface area contributed by atoms with Gasteiger partial charge in [0.05, 0.1) is 0 Å². The molecule has 16 heavy (non-hydrogen) atoms. The van der Waals surface area contributed by atoms with E-state index in [1.165, 1.54) is 0 Å². The lowest BCUT2D eigenvalue weighted by atomic mass is 10.4. The number of hydrogen-bond acceptors (Lipinski definition) is 2. The van der Waals surface area contributed by atoms with E-state index in [1.54, 1.807) is 37.8 Å². The van der Waals surface area contributed by atoms with Crippen molar-refractivity contribution in [1.82, 2.24) is 4.57 Å². The maximum Gasteiger partial charge on any atom is 0.151 e. The van der Waals surface area contributed by atoms with Crippen molar-refractivity contribution < 1.29 is 4.79 Å². The predicted molar refractivity (Wildman–Crippen MR) is 70.1 cm³/mol. The second-order valence-corrected chi connectivity index (χ2v) is 2.67. The van der Waals surface area contributed by atoms with Crippen LogP contribution < -0.4 is 0 Å². The molecule has 3 nitrogen and oxygen atoms in total. The van der Waals surface area contributed by atoms with Crippen LogP contribution in [0.25, 0.3) is 5.70 Å². The highest BCUT2D eigenvalue weighted by molar-refractivity contribution is 5.82. The zero-order valence-electron chi connectivity index (χ0n) is 10.1. The van der Waals surface area contributed by atoms with Crippen LogP contribution in [-0.2, 0) is 0 Å². The van der Waals surface area contributed by atoms with E-state index >= 15 is 0 Å². The molecule has 86 valence electrons. The Morgan fingerprint density at radius 1 is 1.50 bits per heavy atom. The van der Waals surface area contributed by atoms with Crippen LogP contribution >= 0.6 is 0 Å². The summed E-state index contributed by atoms with van der Waals surface area (Å²) in [6.45, 7) is 7.69. The first kappa shape index (κ1) is 14.1. The predicted octanol–water partition coefficient (Wildman–Crippen LogP) is 3.05. The largest absolute Gasteiger partial charge is 0.323 e. The lowest BCUT2D eigenvalue weighted by Crippen LogP contribution is -1.90. The van der Waals surface area contributed by atoms with Crippen molar-refractivity contribution >= 4 is 18.2 Å². The van der Waals surface area contributed by atoms with Gasteiger partial charge >= 0.3 is 0 Å². The van der Waals surface area contributed by atoms with Crippen molar-refractivity contribution in [2.45, 2.75) is 13.8 Å². The number of aromatic nitrogens is 1. The molecular weight excluding hydrogens is 200 g/mol. The zero-order valence-corrected chi connectivity index (χ0v) is 10.1. The topological polar surface area (TPSA) is 34.4 Å². The number of hydrogen-bond donors (Lipinski definition) is 0. The van der Waals surface area contributed by atoms with Gasteiger partial charge in [-0.25, -0.2) is 0 Å². The van der Waals surface area contributed by atoms with Gasteiger partial charge in [-0.05, 0) is 18.2 Å². The van der Waals surface area contributed by atoms with Crippen LogP contribution in [0, 0.1) is 0 Å². The number of carbonyl (C=O) groups is 1. The van der Waals surface area contributed by atoms with Crippen LogP contribution in [0.1, 0.15) is 24.2 Å². The molecule has 0 atom stereocenters. The van der Waals surface area contributed by atoms with E-state index in [1.807, 2.05) is 24.5 Å². The Kier molecular flexibility index (Phi) is 7.41. The van der Waals surface area contributed by atoms with Gasteiger partial charge in [0, 0.05) is 36.9 Å². The van der Waals surface area contributed by atoms with E-state index in [2.05, 4.69) is 11.6 Å². The average Bonchev–Trinajstić information content (AvgIpc) is 2.81. The van der Waals surface area contributed by atoms with E-state index in [9.17, 15) is 4.79 Å². The number of aldehydes is 1. The Bertz CT molecular complexity index is 386. The Labute approximate surface area is 96.8 Å². The molecule has 0 saturated heterocycles. The summed E-state index contributed by atoms with van der Waals surface area (Å²) in [4.78, 5) is 14.3. The minimum absolute atomic E-state index is 0.645. The standard InChI is InChI=1S/C11H12N2O.C2H6/c1-3-11(4-6-12-2)13-7-5-10(8-13)9-14;1-2/h3-9H,1H2,2H3;1-2H3/b11-4+,12-6?;. The molecule has 0 aromatic carbocycles. The second-order valence-electron chi connectivity index (χ2n) is 2.67. The van der Waals surface area contributed by atoms with E-state index in [0.29, 0.717) is 5.56 Å². The van der Waals surface area contributed by atoms with Crippen molar-refractivity contribution in [2.24, 2.45) is 4.99 Å². The van der Waals surface area contributed by atoms with Gasteiger partial charge < -0.3 is 4.57 Å². The van der Waals surface area contributed by atoms with Crippen LogP contribution in [0.4, 0.5) is 0 Å². The lowest BCUT2D eigenvalue weighted by molar-refractivity contribution is 0.112. The number of carbonyl (C=O) groups excluding carboxylic acids is 1. The van der Waals surface area contributed by atoms with Gasteiger partial charge in [0.1, 0.15) is 0 Å². The number of allylic oxidation sites excluding steroid dienone is 3. The van der Waals surface area contributed by atoms with Crippen LogP contribution in [0.15, 0.2) is 42.2 Å². The van der Waals surface area contributed by atoms with E-state index < -0.39 is 0 Å². The van der Waals surface area contributed by atoms with Gasteiger partial charge in [0.2, 0.25) is 0 Å². The monoisotopic (exact) mass is 218 g/mol. The first-order chi connectivity index (χ1) is 7.81. The van der Waals surface area contributed by atoms with Crippen LogP contribution in [0.3, 0.4) is 0 Å². The van der Waals surface area contributed by atoms with E-state index in [0.717, 1.165) is 12.0 Å². The van der Waals surface area contributed by atoms with Gasteiger partial charge in [-0.15, -0.1) is 0 Å². The summed E-state index contributed by atoms with van der Waals surface area (Å²) < 4.78 is 1.82. The van der Waals surface area contributed by atoms with Gasteiger partial charge in [0.15, 0.2) is 6.29 Å². The van der Waals surface area contributed by atoms with Crippen molar-refractivity contribution in [3.05, 3.63) is 42.8 Å². The Morgan fingerprint density at radius 2 is 2.19 bits per heavy atom. The fourth-order valence-corrected chi connectivity index (χ4v) is 1.05. The third-order valence-corrected chi connectivity index (χ3v) is 1.75. The Morgan fingerprint density at radius 3 is 2.62 bits per heavy atom. The van der Waals surface area contributed by atoms with Crippen LogP contribution in [0.5, 0.6) is 0 Å². The summed E-state index contributed by atoms with van der Waals surface area (Å²) in [6, 6.07) is 1.74. The maximum absolute atomic E-state index is 10.5. The van der Waals surface area contributed by atoms with Gasteiger partial charge in [0.25, 0.3) is 0 Å². The highest BCUT2D eigenvalue weighted by atomic mass is 16.1. The number of rotatable bonds is 4. The molecule has 1 aromatic rings. The highest BCUT2D eigenvalue weighted by Gasteiger charge is 1.96. The summed E-state index contributed by atoms with van der Waals surface area (Å²) in [7, 11) is 1.70. The van der Waals surface area contributed by atoms with Crippen LogP contribution in [-0.4, -0.2) is 24.1 Å². The molecule has 1 heterocycles. The second kappa shape index (κ2) is 8.41. The van der Waals surface area contributed by atoms with Crippen molar-refractivity contribution in [3.63, 3.8) is 0 Å². The molecule has 0 spiro atoms. The molecule has 0 N–H and O–H groups in total. The molecule has 1 aromatic heterocycles. The fraction of sp³-hybridized carbons (Fsp3) is 0.231. The summed E-state index contributed by atoms with van der Waals surface area (Å²) in [6.07, 6.45) is 9.56. The summed E-state index contributed by atoms with van der Waals surface area (Å²) in [5.41, 5.74) is 1.52. The number of nitrogens with zero attached hydrogens (tertiary/aromatic N) is 2. The molecule has 0 saturated carbocycles. The molecule has 0 aliphatic rings. The highest BCUT2D eigenvalue weighted by Crippen LogP contribution is 2.07. The molecule has 1 rings (SSSR count). The van der Waals surface area contributed by atoms with Crippen molar-refractivity contribution in [1.29, 1.82) is 0 Å². The maximum atomic E-state index is 10.5. The quantitative estimate of drug-likeness (QED) is 0.434. The Balaban J connectivity index is 0.00000106. The SMILES string of the molecule is C=C/C(=C\C=NC)n1ccc(C=O)c1.CC. The average molecular weight is 218 g/mol. The molecule has 0 unspecified atom stereocenters. The molecule has 0 aliphatic heterocycles. The molecule has 0 aliphatic carbocycles. The summed E-state index contributed by atoms with van der Waals surface area (Å²) >= 11 is 0. The first-order valence-corrected chi connectivity index (χ1v) is 5.20. The van der Waals surface area contributed by atoms with Gasteiger partial charge in [-0.3, -0.25) is 9.79 Å². The molecular formula is C13H18N2O. The number of aliphatic imine (C=N–C) groups is 1. The first-order valence-electron chi connectivity index (χ1n) is 5.20. The summed E-state index contributed by atoms with van der Waals surface area (Å²) in [5.74, 6) is 0. The zero-order chi connectivity index (χ0) is 12.4. The molecule has 0 amide bonds. The van der Waals surface area contributed by atoms with Crippen molar-refractivity contribution in [2.75, 3.05) is 7.05 Å². The third-order valence-electron chi connectivity index (χ3n) is 1.75. The smallest absolute Gasteiger partial charge is 0.151 e. The van der Waals surface area contributed by atoms with Gasteiger partial charge in [-0.1, -0.05) is 20.4 Å². The molecule has 0 fully saturated rings. The molecule has 0 bridgehead atoms. The fourth-order valence-electron chi connectivity index (χ4n) is 1.05. The van der Waals surface area contributed by atoms with E-state index in [4.69, 9.17) is 0 Å². The normalized spacial score (nSPS) is 10.8. The van der Waals surface area contributed by atoms with Crippen LogP contribution in [0.2, 0.25) is 0 Å². The van der Waals surface area contributed by atoms with Crippen molar-refractivity contribution in [3.8, 4) is 0 Å². The lowest BCUT2D eigenvalue weighted by Gasteiger charge is -2.00. The van der Waals surface area contributed by atoms with E-state index in [-0.39, 0.29) is 0 Å². The van der Waals surface area contributed by atoms with Gasteiger partial charge in [-0.2, -0.15) is 0 Å².